The third-order valence-corrected chi connectivity index (χ3v) is 3.02. The van der Waals surface area contributed by atoms with E-state index in [0.29, 0.717) is 16.8 Å². The third-order valence-electron chi connectivity index (χ3n) is 2.42. The summed E-state index contributed by atoms with van der Waals surface area (Å²) in [4.78, 5) is 0. The number of hydrogen-bond donors (Lipinski definition) is 1. The van der Waals surface area contributed by atoms with Crippen molar-refractivity contribution in [2.24, 2.45) is 5.92 Å². The van der Waals surface area contributed by atoms with Gasteiger partial charge in [-0.3, -0.25) is 0 Å². The minimum absolute atomic E-state index is 0.271. The molecule has 1 nitrogen and oxygen atoms in total. The second kappa shape index (κ2) is 5.28. The van der Waals surface area contributed by atoms with Crippen molar-refractivity contribution in [2.45, 2.75) is 39.2 Å². The molecular formula is C13H18BrFO. The number of hydrogen-bond acceptors (Lipinski definition) is 1. The normalized spacial score (nSPS) is 15.2. The van der Waals surface area contributed by atoms with Crippen molar-refractivity contribution in [3.63, 3.8) is 0 Å². The van der Waals surface area contributed by atoms with E-state index in [1.807, 2.05) is 6.92 Å². The molecule has 0 saturated carbocycles. The average Bonchev–Trinajstić information content (AvgIpc) is 2.08. The van der Waals surface area contributed by atoms with Gasteiger partial charge in [0.1, 0.15) is 5.82 Å². The molecular weight excluding hydrogens is 271 g/mol. The van der Waals surface area contributed by atoms with Gasteiger partial charge in [0.25, 0.3) is 0 Å². The maximum absolute atomic E-state index is 13.0. The molecule has 0 fully saturated rings. The van der Waals surface area contributed by atoms with Crippen LogP contribution in [-0.4, -0.2) is 10.7 Å². The highest BCUT2D eigenvalue weighted by molar-refractivity contribution is 9.10. The van der Waals surface area contributed by atoms with Crippen LogP contribution in [0.2, 0.25) is 0 Å². The monoisotopic (exact) mass is 288 g/mol. The van der Waals surface area contributed by atoms with Crippen LogP contribution in [0.1, 0.15) is 32.8 Å². The molecule has 1 unspecified atom stereocenters. The third kappa shape index (κ3) is 4.22. The molecule has 0 heterocycles. The van der Waals surface area contributed by atoms with Gasteiger partial charge < -0.3 is 5.11 Å². The minimum Gasteiger partial charge on any atom is -0.390 e. The van der Waals surface area contributed by atoms with Crippen molar-refractivity contribution in [1.29, 1.82) is 0 Å². The molecule has 16 heavy (non-hydrogen) atoms. The molecule has 1 atom stereocenters. The Morgan fingerprint density at radius 1 is 1.44 bits per heavy atom. The second-order valence-electron chi connectivity index (χ2n) is 5.02. The minimum atomic E-state index is -0.731. The number of benzene rings is 1. The molecule has 0 aliphatic carbocycles. The number of aliphatic hydroxyl groups is 1. The molecule has 0 spiro atoms. The summed E-state index contributed by atoms with van der Waals surface area (Å²) in [5.41, 5.74) is 0.213. The van der Waals surface area contributed by atoms with Crippen LogP contribution < -0.4 is 0 Å². The average molecular weight is 289 g/mol. The summed E-state index contributed by atoms with van der Waals surface area (Å²) in [6, 6.07) is 4.86. The van der Waals surface area contributed by atoms with Gasteiger partial charge in [-0.2, -0.15) is 0 Å². The Morgan fingerprint density at radius 2 is 2.06 bits per heavy atom. The Bertz CT molecular complexity index is 361. The van der Waals surface area contributed by atoms with Crippen LogP contribution >= 0.6 is 15.9 Å². The summed E-state index contributed by atoms with van der Waals surface area (Å²) in [6.07, 6.45) is 1.28. The molecule has 0 bridgehead atoms. The lowest BCUT2D eigenvalue weighted by atomic mass is 9.88. The van der Waals surface area contributed by atoms with Crippen LogP contribution in [0.15, 0.2) is 22.7 Å². The summed E-state index contributed by atoms with van der Waals surface area (Å²) in [5, 5.41) is 10.2. The van der Waals surface area contributed by atoms with E-state index in [-0.39, 0.29) is 5.82 Å². The van der Waals surface area contributed by atoms with Gasteiger partial charge in [-0.25, -0.2) is 4.39 Å². The first-order valence-electron chi connectivity index (χ1n) is 5.46. The quantitative estimate of drug-likeness (QED) is 0.890. The largest absolute Gasteiger partial charge is 0.390 e. The van der Waals surface area contributed by atoms with E-state index >= 15 is 0 Å². The molecule has 0 aliphatic rings. The van der Waals surface area contributed by atoms with E-state index in [9.17, 15) is 9.50 Å². The Balaban J connectivity index is 2.76. The van der Waals surface area contributed by atoms with E-state index in [2.05, 4.69) is 29.8 Å². The summed E-state index contributed by atoms with van der Waals surface area (Å²) in [7, 11) is 0. The van der Waals surface area contributed by atoms with Gasteiger partial charge in [-0.05, 0) is 52.9 Å². The van der Waals surface area contributed by atoms with Crippen molar-refractivity contribution in [1.82, 2.24) is 0 Å². The summed E-state index contributed by atoms with van der Waals surface area (Å²) in [5.74, 6) is 0.172. The zero-order valence-corrected chi connectivity index (χ0v) is 11.5. The van der Waals surface area contributed by atoms with E-state index in [4.69, 9.17) is 0 Å². The Morgan fingerprint density at radius 3 is 2.56 bits per heavy atom. The van der Waals surface area contributed by atoms with Crippen molar-refractivity contribution >= 4 is 15.9 Å². The van der Waals surface area contributed by atoms with Crippen LogP contribution in [0, 0.1) is 11.7 Å². The Hall–Kier alpha value is -0.410. The fourth-order valence-corrected chi connectivity index (χ4v) is 2.47. The highest BCUT2D eigenvalue weighted by Crippen LogP contribution is 2.24. The summed E-state index contributed by atoms with van der Waals surface area (Å²) >= 11 is 3.15. The van der Waals surface area contributed by atoms with Crippen molar-refractivity contribution in [2.75, 3.05) is 0 Å². The summed E-state index contributed by atoms with van der Waals surface area (Å²) < 4.78 is 13.5. The van der Waals surface area contributed by atoms with Crippen molar-refractivity contribution < 1.29 is 9.50 Å². The van der Waals surface area contributed by atoms with Gasteiger partial charge in [-0.1, -0.05) is 19.9 Å². The fourth-order valence-electron chi connectivity index (χ4n) is 2.04. The lowest BCUT2D eigenvalue weighted by Crippen LogP contribution is -2.29. The van der Waals surface area contributed by atoms with Crippen LogP contribution in [0.25, 0.3) is 0 Å². The zero-order chi connectivity index (χ0) is 12.3. The predicted molar refractivity (Wildman–Crippen MR) is 67.9 cm³/mol. The molecule has 0 radical (unpaired) electrons. The van der Waals surface area contributed by atoms with Gasteiger partial charge in [0.05, 0.1) is 10.1 Å². The van der Waals surface area contributed by atoms with Crippen molar-refractivity contribution in [3.05, 3.63) is 34.1 Å². The van der Waals surface area contributed by atoms with Gasteiger partial charge in [-0.15, -0.1) is 0 Å². The highest BCUT2D eigenvalue weighted by atomic mass is 79.9. The number of halogens is 2. The molecule has 0 aromatic heterocycles. The first-order valence-corrected chi connectivity index (χ1v) is 6.26. The summed E-state index contributed by atoms with van der Waals surface area (Å²) in [6.45, 7) is 5.98. The van der Waals surface area contributed by atoms with Gasteiger partial charge >= 0.3 is 0 Å². The molecule has 0 saturated heterocycles. The smallest absolute Gasteiger partial charge is 0.137 e. The molecule has 0 aliphatic heterocycles. The highest BCUT2D eigenvalue weighted by Gasteiger charge is 2.22. The van der Waals surface area contributed by atoms with E-state index < -0.39 is 5.60 Å². The fraction of sp³-hybridized carbons (Fsp3) is 0.538. The van der Waals surface area contributed by atoms with E-state index in [1.165, 1.54) is 6.07 Å². The molecule has 1 rings (SSSR count). The van der Waals surface area contributed by atoms with Crippen LogP contribution in [0.4, 0.5) is 4.39 Å². The molecule has 1 aromatic rings. The molecule has 3 heteroatoms. The van der Waals surface area contributed by atoms with Gasteiger partial charge in [0.2, 0.25) is 0 Å². The molecule has 1 aromatic carbocycles. The lowest BCUT2D eigenvalue weighted by Gasteiger charge is -2.25. The zero-order valence-electron chi connectivity index (χ0n) is 9.93. The first-order chi connectivity index (χ1) is 7.30. The molecule has 90 valence electrons. The number of rotatable bonds is 4. The van der Waals surface area contributed by atoms with Crippen LogP contribution in [0.3, 0.4) is 0 Å². The van der Waals surface area contributed by atoms with Gasteiger partial charge in [0.15, 0.2) is 0 Å². The van der Waals surface area contributed by atoms with E-state index in [1.54, 1.807) is 12.1 Å². The predicted octanol–water partition coefficient (Wildman–Crippen LogP) is 3.93. The maximum atomic E-state index is 13.0. The molecule has 1 N–H and O–H groups in total. The SMILES string of the molecule is CC(C)CC(C)(O)Cc1ccc(F)c(Br)c1. The standard InChI is InChI=1S/C13H18BrFO/c1-9(2)7-13(3,16)8-10-4-5-12(15)11(14)6-10/h4-6,9,16H,7-8H2,1-3H3. The van der Waals surface area contributed by atoms with Crippen LogP contribution in [-0.2, 0) is 6.42 Å². The Labute approximate surface area is 105 Å². The van der Waals surface area contributed by atoms with Crippen molar-refractivity contribution in [3.8, 4) is 0 Å². The second-order valence-corrected chi connectivity index (χ2v) is 5.87. The van der Waals surface area contributed by atoms with Gasteiger partial charge in [0, 0.05) is 6.42 Å². The first kappa shape index (κ1) is 13.7. The topological polar surface area (TPSA) is 20.2 Å². The lowest BCUT2D eigenvalue weighted by molar-refractivity contribution is 0.0388. The van der Waals surface area contributed by atoms with E-state index in [0.717, 1.165) is 12.0 Å². The maximum Gasteiger partial charge on any atom is 0.137 e. The van der Waals surface area contributed by atoms with Crippen LogP contribution in [0.5, 0.6) is 0 Å². The molecule has 0 amide bonds. The Kier molecular flexibility index (Phi) is 4.51.